The monoisotopic (exact) mass is 731 g/mol. The molecule has 0 bridgehead atoms. The van der Waals surface area contributed by atoms with Crippen LogP contribution in [0.25, 0.3) is 111 Å². The lowest BCUT2D eigenvalue weighted by Gasteiger charge is -2.14. The fourth-order valence-corrected chi connectivity index (χ4v) is 7.97. The number of nitrogens with zero attached hydrogens (tertiary/aromatic N) is 3. The van der Waals surface area contributed by atoms with Gasteiger partial charge in [0.1, 0.15) is 22.3 Å². The summed E-state index contributed by atoms with van der Waals surface area (Å²) < 4.78 is 12.4. The van der Waals surface area contributed by atoms with Crippen LogP contribution in [-0.2, 0) is 0 Å². The maximum Gasteiger partial charge on any atom is 0.160 e. The first kappa shape index (κ1) is 32.8. The second-order valence-corrected chi connectivity index (χ2v) is 14.5. The van der Waals surface area contributed by atoms with Crippen molar-refractivity contribution >= 4 is 43.9 Å². The van der Waals surface area contributed by atoms with Gasteiger partial charge in [-0.2, -0.15) is 0 Å². The van der Waals surface area contributed by atoms with Gasteiger partial charge in [-0.15, -0.1) is 0 Å². The zero-order valence-electron chi connectivity index (χ0n) is 31.0. The van der Waals surface area contributed by atoms with Crippen LogP contribution in [0.1, 0.15) is 5.56 Å². The Morgan fingerprint density at radius 3 is 1.49 bits per heavy atom. The highest BCUT2D eigenvalue weighted by Crippen LogP contribution is 2.39. The van der Waals surface area contributed by atoms with Crippen molar-refractivity contribution in [3.63, 3.8) is 0 Å². The number of para-hydroxylation sites is 2. The molecule has 268 valence electrons. The number of hydrogen-bond donors (Lipinski definition) is 0. The lowest BCUT2D eigenvalue weighted by molar-refractivity contribution is 0.668. The molecule has 0 spiro atoms. The van der Waals surface area contributed by atoms with Crippen LogP contribution in [0.4, 0.5) is 0 Å². The summed E-state index contributed by atoms with van der Waals surface area (Å²) in [6, 6.07) is 59.0. The molecule has 4 aromatic heterocycles. The number of aromatic nitrogens is 3. The minimum Gasteiger partial charge on any atom is -0.456 e. The highest BCUT2D eigenvalue weighted by atomic mass is 16.3. The van der Waals surface area contributed by atoms with Crippen LogP contribution in [0.3, 0.4) is 0 Å². The van der Waals surface area contributed by atoms with Gasteiger partial charge >= 0.3 is 0 Å². The lowest BCUT2D eigenvalue weighted by atomic mass is 9.93. The molecule has 57 heavy (non-hydrogen) atoms. The second kappa shape index (κ2) is 13.3. The van der Waals surface area contributed by atoms with Gasteiger partial charge in [0.2, 0.25) is 0 Å². The van der Waals surface area contributed by atoms with Crippen LogP contribution in [0.2, 0.25) is 0 Å². The van der Waals surface area contributed by atoms with E-state index in [0.717, 1.165) is 105 Å². The number of furan rings is 2. The number of rotatable bonds is 6. The van der Waals surface area contributed by atoms with Gasteiger partial charge in [-0.05, 0) is 107 Å². The Kier molecular flexibility index (Phi) is 7.64. The molecule has 5 heteroatoms. The molecule has 0 fully saturated rings. The SMILES string of the molecule is Cc1ccncc1-c1ccc(-c2nc(-c3ccccc3)cc(-c3cc(-c4ccc5oc6ccccc6c5c4)cc(-c4ccc5oc6ccccc6c5c4)c3)n2)cc1. The van der Waals surface area contributed by atoms with Gasteiger partial charge in [0.15, 0.2) is 5.82 Å². The molecule has 7 aromatic carbocycles. The quantitative estimate of drug-likeness (QED) is 0.170. The maximum atomic E-state index is 6.22. The molecule has 0 aliphatic carbocycles. The van der Waals surface area contributed by atoms with E-state index in [9.17, 15) is 0 Å². The Morgan fingerprint density at radius 2 is 0.877 bits per heavy atom. The van der Waals surface area contributed by atoms with Crippen LogP contribution in [0, 0.1) is 6.92 Å². The van der Waals surface area contributed by atoms with Crippen LogP contribution in [-0.4, -0.2) is 15.0 Å². The third-order valence-electron chi connectivity index (χ3n) is 10.9. The van der Waals surface area contributed by atoms with Gasteiger partial charge in [0, 0.05) is 56.2 Å². The predicted molar refractivity (Wildman–Crippen MR) is 232 cm³/mol. The summed E-state index contributed by atoms with van der Waals surface area (Å²) >= 11 is 0. The maximum absolute atomic E-state index is 6.22. The molecular formula is C52H33N3O2. The number of fused-ring (bicyclic) bond motifs is 6. The molecule has 0 saturated carbocycles. The molecular weight excluding hydrogens is 699 g/mol. The van der Waals surface area contributed by atoms with Gasteiger partial charge in [-0.25, -0.2) is 9.97 Å². The largest absolute Gasteiger partial charge is 0.456 e. The molecule has 0 radical (unpaired) electrons. The number of aryl methyl sites for hydroxylation is 1. The van der Waals surface area contributed by atoms with Crippen molar-refractivity contribution in [2.45, 2.75) is 6.92 Å². The lowest BCUT2D eigenvalue weighted by Crippen LogP contribution is -1.97. The van der Waals surface area contributed by atoms with E-state index in [-0.39, 0.29) is 0 Å². The average Bonchev–Trinajstić information content (AvgIpc) is 3.84. The Labute approximate surface area is 328 Å². The van der Waals surface area contributed by atoms with Gasteiger partial charge < -0.3 is 8.83 Å². The smallest absolute Gasteiger partial charge is 0.160 e. The molecule has 11 aromatic rings. The summed E-state index contributed by atoms with van der Waals surface area (Å²) in [5.41, 5.74) is 15.8. The molecule has 11 rings (SSSR count). The Balaban J connectivity index is 1.11. The molecule has 0 aliphatic heterocycles. The van der Waals surface area contributed by atoms with Crippen molar-refractivity contribution in [1.29, 1.82) is 0 Å². The van der Waals surface area contributed by atoms with E-state index in [1.807, 2.05) is 60.9 Å². The first-order valence-corrected chi connectivity index (χ1v) is 19.1. The van der Waals surface area contributed by atoms with Crippen LogP contribution in [0.15, 0.2) is 191 Å². The molecule has 5 nitrogen and oxygen atoms in total. The van der Waals surface area contributed by atoms with Crippen molar-refractivity contribution in [1.82, 2.24) is 15.0 Å². The van der Waals surface area contributed by atoms with Crippen LogP contribution < -0.4 is 0 Å². The summed E-state index contributed by atoms with van der Waals surface area (Å²) in [4.78, 5) is 14.8. The van der Waals surface area contributed by atoms with E-state index in [0.29, 0.717) is 5.82 Å². The fourth-order valence-electron chi connectivity index (χ4n) is 7.97. The molecule has 0 atom stereocenters. The molecule has 0 unspecified atom stereocenters. The third-order valence-corrected chi connectivity index (χ3v) is 10.9. The van der Waals surface area contributed by atoms with E-state index < -0.39 is 0 Å². The summed E-state index contributed by atoms with van der Waals surface area (Å²) in [6.45, 7) is 2.11. The summed E-state index contributed by atoms with van der Waals surface area (Å²) in [5.74, 6) is 0.658. The molecule has 0 saturated heterocycles. The van der Waals surface area contributed by atoms with E-state index in [2.05, 4.69) is 133 Å². The average molecular weight is 732 g/mol. The van der Waals surface area contributed by atoms with E-state index in [1.165, 1.54) is 5.56 Å². The van der Waals surface area contributed by atoms with Crippen molar-refractivity contribution in [3.05, 3.63) is 188 Å². The highest BCUT2D eigenvalue weighted by molar-refractivity contribution is 6.07. The van der Waals surface area contributed by atoms with E-state index in [1.54, 1.807) is 0 Å². The van der Waals surface area contributed by atoms with Crippen molar-refractivity contribution in [3.8, 4) is 67.3 Å². The van der Waals surface area contributed by atoms with Gasteiger partial charge in [0.05, 0.1) is 11.4 Å². The normalized spacial score (nSPS) is 11.6. The first-order chi connectivity index (χ1) is 28.1. The van der Waals surface area contributed by atoms with Gasteiger partial charge in [0.25, 0.3) is 0 Å². The van der Waals surface area contributed by atoms with Crippen LogP contribution >= 0.6 is 0 Å². The summed E-state index contributed by atoms with van der Waals surface area (Å²) in [7, 11) is 0. The van der Waals surface area contributed by atoms with Crippen molar-refractivity contribution in [2.75, 3.05) is 0 Å². The van der Waals surface area contributed by atoms with Crippen molar-refractivity contribution < 1.29 is 8.83 Å². The summed E-state index contributed by atoms with van der Waals surface area (Å²) in [6.07, 6.45) is 3.74. The standard InChI is InChI=1S/C52H33N3O2/c1-32-23-24-53-31-45(32)33-15-17-35(18-16-33)52-54-46(34-9-3-2-4-10-34)30-47(55-52)40-26-38(36-19-21-50-43(28-36)41-11-5-7-13-48(41)56-50)25-39(27-40)37-20-22-51-44(29-37)42-12-6-8-14-49(42)57-51/h2-31H,1H3. The topological polar surface area (TPSA) is 65.0 Å². The minimum atomic E-state index is 0.658. The first-order valence-electron chi connectivity index (χ1n) is 19.1. The fraction of sp³-hybridized carbons (Fsp3) is 0.0192. The van der Waals surface area contributed by atoms with Crippen LogP contribution in [0.5, 0.6) is 0 Å². The van der Waals surface area contributed by atoms with Gasteiger partial charge in [-0.1, -0.05) is 103 Å². The second-order valence-electron chi connectivity index (χ2n) is 14.5. The highest BCUT2D eigenvalue weighted by Gasteiger charge is 2.16. The Morgan fingerprint density at radius 1 is 0.368 bits per heavy atom. The molecule has 0 amide bonds. The molecule has 0 N–H and O–H groups in total. The number of benzene rings is 7. The third kappa shape index (κ3) is 5.85. The molecule has 0 aliphatic rings. The Bertz CT molecular complexity index is 3170. The van der Waals surface area contributed by atoms with E-state index in [4.69, 9.17) is 18.8 Å². The number of hydrogen-bond acceptors (Lipinski definition) is 5. The van der Waals surface area contributed by atoms with Crippen molar-refractivity contribution in [2.24, 2.45) is 0 Å². The summed E-state index contributed by atoms with van der Waals surface area (Å²) in [5, 5.41) is 4.37. The zero-order chi connectivity index (χ0) is 37.9. The Hall–Kier alpha value is -7.63. The van der Waals surface area contributed by atoms with E-state index >= 15 is 0 Å². The van der Waals surface area contributed by atoms with Gasteiger partial charge in [-0.3, -0.25) is 4.98 Å². The minimum absolute atomic E-state index is 0.658. The zero-order valence-corrected chi connectivity index (χ0v) is 31.0. The molecule has 4 heterocycles. The predicted octanol–water partition coefficient (Wildman–Crippen LogP) is 14.0. The number of pyridine rings is 1.